The minimum absolute atomic E-state index is 0.301. The van der Waals surface area contributed by atoms with Crippen LogP contribution in [0.25, 0.3) is 0 Å². The second kappa shape index (κ2) is 8.41. The maximum atomic E-state index is 11.0. The van der Waals surface area contributed by atoms with Crippen molar-refractivity contribution in [3.8, 4) is 0 Å². The molecule has 0 aromatic carbocycles. The molecule has 0 aliphatic heterocycles. The van der Waals surface area contributed by atoms with Crippen LogP contribution in [0.4, 0.5) is 0 Å². The van der Waals surface area contributed by atoms with Crippen molar-refractivity contribution in [3.63, 3.8) is 0 Å². The van der Waals surface area contributed by atoms with Crippen molar-refractivity contribution in [1.29, 1.82) is 0 Å². The van der Waals surface area contributed by atoms with Crippen LogP contribution in [0.15, 0.2) is 0 Å². The third kappa shape index (κ3) is 7.27. The number of methoxy groups -OCH3 is 2. The summed E-state index contributed by atoms with van der Waals surface area (Å²) in [7, 11) is 3.26. The van der Waals surface area contributed by atoms with E-state index in [0.29, 0.717) is 26.3 Å². The minimum Gasteiger partial charge on any atom is -0.480 e. The highest BCUT2D eigenvalue weighted by Crippen LogP contribution is 2.04. The van der Waals surface area contributed by atoms with Gasteiger partial charge in [0, 0.05) is 40.5 Å². The Hall–Kier alpha value is -0.690. The molecule has 0 aromatic rings. The largest absolute Gasteiger partial charge is 0.480 e. The van der Waals surface area contributed by atoms with Crippen molar-refractivity contribution in [1.82, 2.24) is 4.90 Å². The molecule has 6 nitrogen and oxygen atoms in total. The van der Waals surface area contributed by atoms with Crippen molar-refractivity contribution in [2.75, 3.05) is 47.1 Å². The lowest BCUT2D eigenvalue weighted by Gasteiger charge is -2.29. The van der Waals surface area contributed by atoms with Crippen LogP contribution in [-0.2, 0) is 14.3 Å². The summed E-state index contributed by atoms with van der Waals surface area (Å²) in [6.45, 7) is 4.44. The SMILES string of the molecule is COCCCN(CCOC)CC(C)(N)C(=O)O. The molecular formula is C11H24N2O4. The summed E-state index contributed by atoms with van der Waals surface area (Å²) in [4.78, 5) is 12.9. The van der Waals surface area contributed by atoms with Crippen LogP contribution in [-0.4, -0.2) is 68.6 Å². The van der Waals surface area contributed by atoms with Gasteiger partial charge in [-0.05, 0) is 13.3 Å². The summed E-state index contributed by atoms with van der Waals surface area (Å²) in [5, 5.41) is 8.98. The second-order valence-electron chi connectivity index (χ2n) is 4.34. The molecule has 0 aliphatic carbocycles. The maximum absolute atomic E-state index is 11.0. The fourth-order valence-electron chi connectivity index (χ4n) is 1.45. The van der Waals surface area contributed by atoms with Gasteiger partial charge in [0.2, 0.25) is 0 Å². The number of hydrogen-bond donors (Lipinski definition) is 2. The Morgan fingerprint density at radius 2 is 1.88 bits per heavy atom. The number of nitrogens with two attached hydrogens (primary N) is 1. The molecule has 0 saturated heterocycles. The molecule has 17 heavy (non-hydrogen) atoms. The number of carbonyl (C=O) groups is 1. The highest BCUT2D eigenvalue weighted by Gasteiger charge is 2.30. The number of aliphatic carboxylic acids is 1. The van der Waals surface area contributed by atoms with E-state index in [0.717, 1.165) is 13.0 Å². The predicted octanol–water partition coefficient (Wildman–Crippen LogP) is -0.227. The first-order valence-corrected chi connectivity index (χ1v) is 5.66. The van der Waals surface area contributed by atoms with Gasteiger partial charge in [0.05, 0.1) is 6.61 Å². The summed E-state index contributed by atoms with van der Waals surface area (Å²) < 4.78 is 9.96. The molecule has 0 aliphatic rings. The Morgan fingerprint density at radius 3 is 2.35 bits per heavy atom. The van der Waals surface area contributed by atoms with Crippen LogP contribution in [0.3, 0.4) is 0 Å². The zero-order valence-electron chi connectivity index (χ0n) is 10.9. The van der Waals surface area contributed by atoms with Crippen molar-refractivity contribution in [3.05, 3.63) is 0 Å². The van der Waals surface area contributed by atoms with Crippen molar-refractivity contribution in [2.45, 2.75) is 18.9 Å². The highest BCUT2D eigenvalue weighted by atomic mass is 16.5. The molecule has 0 aromatic heterocycles. The van der Waals surface area contributed by atoms with E-state index in [4.69, 9.17) is 20.3 Å². The van der Waals surface area contributed by atoms with Crippen LogP contribution < -0.4 is 5.73 Å². The molecular weight excluding hydrogens is 224 g/mol. The molecule has 0 rings (SSSR count). The fourth-order valence-corrected chi connectivity index (χ4v) is 1.45. The van der Waals surface area contributed by atoms with E-state index in [2.05, 4.69) is 0 Å². The number of carboxylic acid groups (broad SMARTS) is 1. The van der Waals surface area contributed by atoms with Gasteiger partial charge in [0.25, 0.3) is 0 Å². The normalized spacial score (nSPS) is 14.9. The number of carboxylic acids is 1. The van der Waals surface area contributed by atoms with E-state index in [9.17, 15) is 4.79 Å². The minimum atomic E-state index is -1.24. The average Bonchev–Trinajstić information content (AvgIpc) is 2.25. The van der Waals surface area contributed by atoms with Crippen LogP contribution in [0.1, 0.15) is 13.3 Å². The van der Waals surface area contributed by atoms with Gasteiger partial charge >= 0.3 is 5.97 Å². The zero-order chi connectivity index (χ0) is 13.3. The number of rotatable bonds is 10. The van der Waals surface area contributed by atoms with E-state index in [-0.39, 0.29) is 0 Å². The second-order valence-corrected chi connectivity index (χ2v) is 4.34. The van der Waals surface area contributed by atoms with E-state index in [1.165, 1.54) is 6.92 Å². The fraction of sp³-hybridized carbons (Fsp3) is 0.909. The smallest absolute Gasteiger partial charge is 0.324 e. The Balaban J connectivity index is 4.21. The monoisotopic (exact) mass is 248 g/mol. The van der Waals surface area contributed by atoms with Crippen LogP contribution in [0.2, 0.25) is 0 Å². The lowest BCUT2D eigenvalue weighted by molar-refractivity contribution is -0.143. The van der Waals surface area contributed by atoms with Gasteiger partial charge in [-0.25, -0.2) is 0 Å². The Morgan fingerprint density at radius 1 is 1.29 bits per heavy atom. The third-order valence-corrected chi connectivity index (χ3v) is 2.48. The molecule has 6 heteroatoms. The van der Waals surface area contributed by atoms with Crippen molar-refractivity contribution >= 4 is 5.97 Å². The molecule has 1 atom stereocenters. The first kappa shape index (κ1) is 16.3. The maximum Gasteiger partial charge on any atom is 0.324 e. The number of nitrogens with zero attached hydrogens (tertiary/aromatic N) is 1. The standard InChI is InChI=1S/C11H24N2O4/c1-11(12,10(14)15)9-13(6-8-17-3)5-4-7-16-2/h4-9,12H2,1-3H3,(H,14,15). The summed E-state index contributed by atoms with van der Waals surface area (Å²) >= 11 is 0. The van der Waals surface area contributed by atoms with Gasteiger partial charge in [-0.1, -0.05) is 0 Å². The molecule has 3 N–H and O–H groups in total. The lowest BCUT2D eigenvalue weighted by Crippen LogP contribution is -2.54. The molecule has 0 fully saturated rings. The number of ether oxygens (including phenoxy) is 2. The Bertz CT molecular complexity index is 222. The molecule has 102 valence electrons. The topological polar surface area (TPSA) is 85.0 Å². The Kier molecular flexibility index (Phi) is 8.07. The summed E-state index contributed by atoms with van der Waals surface area (Å²) in [5.41, 5.74) is 4.49. The summed E-state index contributed by atoms with van der Waals surface area (Å²) in [5.74, 6) is -0.994. The average molecular weight is 248 g/mol. The molecule has 0 spiro atoms. The Labute approximate surface area is 103 Å². The van der Waals surface area contributed by atoms with Gasteiger partial charge in [-0.3, -0.25) is 9.69 Å². The van der Waals surface area contributed by atoms with Gasteiger partial charge in [-0.15, -0.1) is 0 Å². The van der Waals surface area contributed by atoms with Crippen molar-refractivity contribution < 1.29 is 19.4 Å². The molecule has 1 unspecified atom stereocenters. The van der Waals surface area contributed by atoms with Gasteiger partial charge in [-0.2, -0.15) is 0 Å². The third-order valence-electron chi connectivity index (χ3n) is 2.48. The predicted molar refractivity (Wildman–Crippen MR) is 65.0 cm³/mol. The van der Waals surface area contributed by atoms with Crippen LogP contribution in [0.5, 0.6) is 0 Å². The summed E-state index contributed by atoms with van der Waals surface area (Å²) in [6, 6.07) is 0. The van der Waals surface area contributed by atoms with Crippen molar-refractivity contribution in [2.24, 2.45) is 5.73 Å². The van der Waals surface area contributed by atoms with E-state index in [1.807, 2.05) is 4.90 Å². The van der Waals surface area contributed by atoms with Gasteiger partial charge < -0.3 is 20.3 Å². The summed E-state index contributed by atoms with van der Waals surface area (Å²) in [6.07, 6.45) is 0.843. The lowest BCUT2D eigenvalue weighted by atomic mass is 10.0. The highest BCUT2D eigenvalue weighted by molar-refractivity contribution is 5.78. The van der Waals surface area contributed by atoms with E-state index < -0.39 is 11.5 Å². The van der Waals surface area contributed by atoms with E-state index >= 15 is 0 Å². The molecule has 0 heterocycles. The molecule has 0 bridgehead atoms. The molecule has 0 saturated carbocycles. The van der Waals surface area contributed by atoms with E-state index in [1.54, 1.807) is 14.2 Å². The van der Waals surface area contributed by atoms with Crippen LogP contribution >= 0.6 is 0 Å². The quantitative estimate of drug-likeness (QED) is 0.520. The number of hydrogen-bond acceptors (Lipinski definition) is 5. The first-order valence-electron chi connectivity index (χ1n) is 5.66. The molecule has 0 amide bonds. The first-order chi connectivity index (χ1) is 7.94. The van der Waals surface area contributed by atoms with Gasteiger partial charge in [0.1, 0.15) is 5.54 Å². The molecule has 0 radical (unpaired) electrons. The van der Waals surface area contributed by atoms with Crippen LogP contribution in [0, 0.1) is 0 Å². The zero-order valence-corrected chi connectivity index (χ0v) is 10.9. The van der Waals surface area contributed by atoms with Gasteiger partial charge in [0.15, 0.2) is 0 Å².